The van der Waals surface area contributed by atoms with Gasteiger partial charge in [-0.05, 0) is 44.5 Å². The molecule has 1 atom stereocenters. The smallest absolute Gasteiger partial charge is 0.256 e. The van der Waals surface area contributed by atoms with Crippen LogP contribution in [0.2, 0.25) is 0 Å². The molecule has 1 aliphatic heterocycles. The van der Waals surface area contributed by atoms with Crippen LogP contribution in [0.4, 0.5) is 5.69 Å². The van der Waals surface area contributed by atoms with Crippen molar-refractivity contribution in [2.45, 2.75) is 31.9 Å². The molecule has 4 nitrogen and oxygen atoms in total. The van der Waals surface area contributed by atoms with E-state index in [1.165, 1.54) is 0 Å². The van der Waals surface area contributed by atoms with E-state index in [0.717, 1.165) is 30.6 Å². The largest absolute Gasteiger partial charge is 0.365 e. The van der Waals surface area contributed by atoms with Crippen molar-refractivity contribution in [2.75, 3.05) is 19.0 Å². The first-order valence-corrected chi connectivity index (χ1v) is 6.33. The molecule has 0 saturated carbocycles. The summed E-state index contributed by atoms with van der Waals surface area (Å²) in [7, 11) is 1.90. The zero-order valence-corrected chi connectivity index (χ0v) is 11.0. The number of hydrogen-bond donors (Lipinski definition) is 2. The highest BCUT2D eigenvalue weighted by Gasteiger charge is 2.37. The van der Waals surface area contributed by atoms with Crippen molar-refractivity contribution in [1.29, 1.82) is 0 Å². The zero-order chi connectivity index (χ0) is 13.0. The van der Waals surface area contributed by atoms with E-state index in [1.54, 1.807) is 0 Å². The Kier molecular flexibility index (Phi) is 3.99. The summed E-state index contributed by atoms with van der Waals surface area (Å²) >= 11 is 0. The van der Waals surface area contributed by atoms with Crippen molar-refractivity contribution < 1.29 is 9.53 Å². The van der Waals surface area contributed by atoms with Gasteiger partial charge in [-0.25, -0.2) is 0 Å². The minimum atomic E-state index is -0.668. The maximum atomic E-state index is 12.2. The average Bonchev–Trinajstić information content (AvgIpc) is 2.78. The number of amides is 1. The molecule has 98 valence electrons. The van der Waals surface area contributed by atoms with Gasteiger partial charge < -0.3 is 15.4 Å². The first-order valence-electron chi connectivity index (χ1n) is 6.33. The van der Waals surface area contributed by atoms with Crippen molar-refractivity contribution in [2.24, 2.45) is 0 Å². The molecular formula is C14H20N2O2. The normalized spacial score (nSPS) is 23.0. The fraction of sp³-hybridized carbons (Fsp3) is 0.500. The molecule has 1 aliphatic rings. The Bertz CT molecular complexity index is 426. The Morgan fingerprint density at radius 3 is 3.00 bits per heavy atom. The summed E-state index contributed by atoms with van der Waals surface area (Å²) in [5.41, 5.74) is 1.30. The van der Waals surface area contributed by atoms with E-state index >= 15 is 0 Å². The van der Waals surface area contributed by atoms with E-state index in [1.807, 2.05) is 38.2 Å². The standard InChI is InChI=1S/C14H20N2O2/c1-14(7-4-8-18-14)13(17)16-12-6-3-5-11(9-12)10-15-2/h3,5-6,9,15H,4,7-8,10H2,1-2H3,(H,16,17). The van der Waals surface area contributed by atoms with Gasteiger partial charge in [0.15, 0.2) is 0 Å². The van der Waals surface area contributed by atoms with E-state index in [2.05, 4.69) is 10.6 Å². The Balaban J connectivity index is 2.04. The molecule has 1 unspecified atom stereocenters. The fourth-order valence-electron chi connectivity index (χ4n) is 2.18. The van der Waals surface area contributed by atoms with Crippen LogP contribution in [0.3, 0.4) is 0 Å². The van der Waals surface area contributed by atoms with Gasteiger partial charge in [0.1, 0.15) is 5.60 Å². The van der Waals surface area contributed by atoms with Gasteiger partial charge in [-0.15, -0.1) is 0 Å². The van der Waals surface area contributed by atoms with E-state index < -0.39 is 5.60 Å². The Morgan fingerprint density at radius 2 is 2.33 bits per heavy atom. The second-order valence-electron chi connectivity index (χ2n) is 4.87. The van der Waals surface area contributed by atoms with E-state index in [4.69, 9.17) is 4.74 Å². The maximum absolute atomic E-state index is 12.2. The highest BCUT2D eigenvalue weighted by molar-refractivity contribution is 5.97. The lowest BCUT2D eigenvalue weighted by atomic mass is 10.0. The molecule has 0 spiro atoms. The highest BCUT2D eigenvalue weighted by atomic mass is 16.5. The van der Waals surface area contributed by atoms with Crippen LogP contribution in [0.5, 0.6) is 0 Å². The Hall–Kier alpha value is -1.39. The van der Waals surface area contributed by atoms with Crippen molar-refractivity contribution in [3.05, 3.63) is 29.8 Å². The monoisotopic (exact) mass is 248 g/mol. The number of ether oxygens (including phenoxy) is 1. The van der Waals surface area contributed by atoms with Gasteiger partial charge in [0.2, 0.25) is 0 Å². The topological polar surface area (TPSA) is 50.4 Å². The van der Waals surface area contributed by atoms with Gasteiger partial charge in [-0.3, -0.25) is 4.79 Å². The van der Waals surface area contributed by atoms with Crippen LogP contribution in [-0.4, -0.2) is 25.2 Å². The predicted octanol–water partition coefficient (Wildman–Crippen LogP) is 1.91. The molecule has 1 saturated heterocycles. The van der Waals surface area contributed by atoms with Crippen LogP contribution in [-0.2, 0) is 16.1 Å². The molecular weight excluding hydrogens is 228 g/mol. The van der Waals surface area contributed by atoms with Crippen LogP contribution in [0, 0.1) is 0 Å². The second-order valence-corrected chi connectivity index (χ2v) is 4.87. The summed E-state index contributed by atoms with van der Waals surface area (Å²) in [6.45, 7) is 3.31. The summed E-state index contributed by atoms with van der Waals surface area (Å²) in [6.07, 6.45) is 1.73. The number of rotatable bonds is 4. The maximum Gasteiger partial charge on any atom is 0.256 e. The second kappa shape index (κ2) is 5.50. The Labute approximate surface area is 108 Å². The Morgan fingerprint density at radius 1 is 1.50 bits per heavy atom. The highest BCUT2D eigenvalue weighted by Crippen LogP contribution is 2.26. The molecule has 4 heteroatoms. The molecule has 0 bridgehead atoms. The molecule has 2 N–H and O–H groups in total. The third kappa shape index (κ3) is 2.89. The van der Waals surface area contributed by atoms with E-state index in [0.29, 0.717) is 6.61 Å². The summed E-state index contributed by atoms with van der Waals surface area (Å²) in [5, 5.41) is 6.02. The number of benzene rings is 1. The molecule has 1 aromatic rings. The molecule has 2 rings (SSSR count). The lowest BCUT2D eigenvalue weighted by Gasteiger charge is -2.22. The number of carbonyl (C=O) groups excluding carboxylic acids is 1. The summed E-state index contributed by atoms with van der Waals surface area (Å²) in [5.74, 6) is -0.0541. The lowest BCUT2D eigenvalue weighted by Crippen LogP contribution is -2.39. The number of hydrogen-bond acceptors (Lipinski definition) is 3. The van der Waals surface area contributed by atoms with Crippen LogP contribution in [0.25, 0.3) is 0 Å². The van der Waals surface area contributed by atoms with Crippen molar-refractivity contribution >= 4 is 11.6 Å². The van der Waals surface area contributed by atoms with Crippen molar-refractivity contribution in [3.63, 3.8) is 0 Å². The molecule has 1 fully saturated rings. The van der Waals surface area contributed by atoms with Gasteiger partial charge in [0.25, 0.3) is 5.91 Å². The SMILES string of the molecule is CNCc1cccc(NC(=O)C2(C)CCCO2)c1. The summed E-state index contributed by atoms with van der Waals surface area (Å²) < 4.78 is 5.53. The van der Waals surface area contributed by atoms with Crippen LogP contribution in [0.15, 0.2) is 24.3 Å². The summed E-state index contributed by atoms with van der Waals surface area (Å²) in [4.78, 5) is 12.2. The van der Waals surface area contributed by atoms with Crippen molar-refractivity contribution in [1.82, 2.24) is 5.32 Å². The molecule has 0 radical (unpaired) electrons. The molecule has 1 amide bonds. The minimum Gasteiger partial charge on any atom is -0.365 e. The van der Waals surface area contributed by atoms with Crippen molar-refractivity contribution in [3.8, 4) is 0 Å². The third-order valence-electron chi connectivity index (χ3n) is 3.26. The van der Waals surface area contributed by atoms with E-state index in [9.17, 15) is 4.79 Å². The van der Waals surface area contributed by atoms with Crippen LogP contribution >= 0.6 is 0 Å². The first kappa shape index (κ1) is 13.1. The third-order valence-corrected chi connectivity index (χ3v) is 3.26. The van der Waals surface area contributed by atoms with Gasteiger partial charge in [0.05, 0.1) is 0 Å². The molecule has 0 aliphatic carbocycles. The fourth-order valence-corrected chi connectivity index (χ4v) is 2.18. The predicted molar refractivity (Wildman–Crippen MR) is 71.4 cm³/mol. The van der Waals surface area contributed by atoms with Gasteiger partial charge in [-0.2, -0.15) is 0 Å². The van der Waals surface area contributed by atoms with Crippen LogP contribution < -0.4 is 10.6 Å². The van der Waals surface area contributed by atoms with Gasteiger partial charge in [-0.1, -0.05) is 12.1 Å². The quantitative estimate of drug-likeness (QED) is 0.856. The summed E-state index contributed by atoms with van der Waals surface area (Å²) in [6, 6.07) is 7.85. The zero-order valence-electron chi connectivity index (χ0n) is 11.0. The first-order chi connectivity index (χ1) is 8.64. The minimum absolute atomic E-state index is 0.0541. The van der Waals surface area contributed by atoms with Crippen LogP contribution in [0.1, 0.15) is 25.3 Å². The molecule has 18 heavy (non-hydrogen) atoms. The molecule has 1 heterocycles. The number of anilines is 1. The van der Waals surface area contributed by atoms with Gasteiger partial charge >= 0.3 is 0 Å². The molecule has 1 aromatic carbocycles. The average molecular weight is 248 g/mol. The number of carbonyl (C=O) groups is 1. The number of nitrogens with one attached hydrogen (secondary N) is 2. The van der Waals surface area contributed by atoms with Gasteiger partial charge in [0, 0.05) is 18.8 Å². The lowest BCUT2D eigenvalue weighted by molar-refractivity contribution is -0.133. The van der Waals surface area contributed by atoms with E-state index in [-0.39, 0.29) is 5.91 Å². The molecule has 0 aromatic heterocycles.